The van der Waals surface area contributed by atoms with Gasteiger partial charge in [0.1, 0.15) is 0 Å². The van der Waals surface area contributed by atoms with E-state index in [1.165, 1.54) is 0 Å². The number of hydrogen-bond donors (Lipinski definition) is 0. The van der Waals surface area contributed by atoms with Gasteiger partial charge in [0.2, 0.25) is 0 Å². The highest BCUT2D eigenvalue weighted by atomic mass is 28.4. The molecule has 0 saturated heterocycles. The van der Waals surface area contributed by atoms with Crippen molar-refractivity contribution in [3.63, 3.8) is 0 Å². The van der Waals surface area contributed by atoms with Gasteiger partial charge in [0.15, 0.2) is 16.6 Å². The van der Waals surface area contributed by atoms with Gasteiger partial charge in [0.25, 0.3) is 0 Å². The summed E-state index contributed by atoms with van der Waals surface area (Å²) in [6.45, 7) is 19.9. The number of hydrogen-bond acceptors (Lipinski definition) is 2. The Bertz CT molecular complexity index is 304. The van der Waals surface area contributed by atoms with Gasteiger partial charge in [-0.2, -0.15) is 0 Å². The van der Waals surface area contributed by atoms with Crippen molar-refractivity contribution in [3.05, 3.63) is 12.7 Å². The van der Waals surface area contributed by atoms with Crippen LogP contribution in [0.15, 0.2) is 12.7 Å². The lowest BCUT2D eigenvalue weighted by atomic mass is 9.92. The zero-order valence-electron chi connectivity index (χ0n) is 13.8. The summed E-state index contributed by atoms with van der Waals surface area (Å²) in [5.41, 5.74) is 0. The first-order chi connectivity index (χ1) is 8.53. The molecule has 0 aromatic heterocycles. The Morgan fingerprint density at radius 3 is 1.89 bits per heavy atom. The lowest BCUT2D eigenvalue weighted by Crippen LogP contribution is -2.34. The van der Waals surface area contributed by atoms with E-state index in [4.69, 9.17) is 8.85 Å². The van der Waals surface area contributed by atoms with E-state index in [1.807, 2.05) is 6.08 Å². The summed E-state index contributed by atoms with van der Waals surface area (Å²) >= 11 is 0. The second-order valence-corrected chi connectivity index (χ2v) is 16.7. The minimum absolute atomic E-state index is 0.362. The molecular formula is C15H32O2Si2. The van der Waals surface area contributed by atoms with E-state index in [9.17, 15) is 0 Å². The highest BCUT2D eigenvalue weighted by molar-refractivity contribution is 6.70. The fourth-order valence-electron chi connectivity index (χ4n) is 2.99. The van der Waals surface area contributed by atoms with Crippen LogP contribution < -0.4 is 0 Å². The van der Waals surface area contributed by atoms with Gasteiger partial charge in [0.05, 0.1) is 12.2 Å². The summed E-state index contributed by atoms with van der Waals surface area (Å²) in [4.78, 5) is 0. The molecule has 0 heterocycles. The van der Waals surface area contributed by atoms with Crippen molar-refractivity contribution in [3.8, 4) is 0 Å². The molecule has 4 unspecified atom stereocenters. The minimum Gasteiger partial charge on any atom is -0.414 e. The van der Waals surface area contributed by atoms with Crippen molar-refractivity contribution in [1.82, 2.24) is 0 Å². The van der Waals surface area contributed by atoms with Crippen LogP contribution in [0.5, 0.6) is 0 Å². The highest BCUT2D eigenvalue weighted by Crippen LogP contribution is 2.40. The largest absolute Gasteiger partial charge is 0.414 e. The normalized spacial score (nSPS) is 32.6. The average molecular weight is 301 g/mol. The van der Waals surface area contributed by atoms with Crippen LogP contribution >= 0.6 is 0 Å². The standard InChI is InChI=1S/C15H32O2Si2/c1-9-10-13-12(2)14(16-18(3,4)5)11-15(13)17-19(6,7)8/h9,12-15H,1,10-11H2,2-8H3. The van der Waals surface area contributed by atoms with Gasteiger partial charge in [-0.3, -0.25) is 0 Å². The third-order valence-corrected chi connectivity index (χ3v) is 5.67. The van der Waals surface area contributed by atoms with Gasteiger partial charge in [-0.05, 0) is 64.0 Å². The number of allylic oxidation sites excluding steroid dienone is 1. The zero-order valence-corrected chi connectivity index (χ0v) is 15.8. The Morgan fingerprint density at radius 2 is 1.47 bits per heavy atom. The SMILES string of the molecule is C=CCC1C(O[Si](C)(C)C)CC(O[Si](C)(C)C)C1C. The van der Waals surface area contributed by atoms with E-state index in [1.54, 1.807) is 0 Å². The van der Waals surface area contributed by atoms with Gasteiger partial charge in [-0.15, -0.1) is 6.58 Å². The molecule has 112 valence electrons. The second kappa shape index (κ2) is 6.25. The molecule has 0 bridgehead atoms. The van der Waals surface area contributed by atoms with Gasteiger partial charge >= 0.3 is 0 Å². The smallest absolute Gasteiger partial charge is 0.184 e. The molecule has 4 atom stereocenters. The van der Waals surface area contributed by atoms with Gasteiger partial charge in [-0.1, -0.05) is 13.0 Å². The fourth-order valence-corrected chi connectivity index (χ4v) is 5.39. The van der Waals surface area contributed by atoms with Crippen LogP contribution in [0.2, 0.25) is 39.3 Å². The molecule has 0 spiro atoms. The number of rotatable bonds is 6. The fraction of sp³-hybridized carbons (Fsp3) is 0.867. The Balaban J connectivity index is 2.78. The van der Waals surface area contributed by atoms with Crippen molar-refractivity contribution < 1.29 is 8.85 Å². The first kappa shape index (κ1) is 17.1. The quantitative estimate of drug-likeness (QED) is 0.525. The minimum atomic E-state index is -1.49. The topological polar surface area (TPSA) is 18.5 Å². The van der Waals surface area contributed by atoms with E-state index in [-0.39, 0.29) is 0 Å². The third kappa shape index (κ3) is 5.54. The molecule has 0 amide bonds. The van der Waals surface area contributed by atoms with Crippen molar-refractivity contribution in [2.24, 2.45) is 11.8 Å². The molecule has 0 radical (unpaired) electrons. The molecular weight excluding hydrogens is 268 g/mol. The molecule has 1 saturated carbocycles. The average Bonchev–Trinajstić information content (AvgIpc) is 2.42. The van der Waals surface area contributed by atoms with Crippen molar-refractivity contribution in [2.75, 3.05) is 0 Å². The summed E-state index contributed by atoms with van der Waals surface area (Å²) in [5, 5.41) is 0. The summed E-state index contributed by atoms with van der Waals surface area (Å²) in [7, 11) is -2.96. The molecule has 0 aromatic carbocycles. The van der Waals surface area contributed by atoms with E-state index < -0.39 is 16.6 Å². The van der Waals surface area contributed by atoms with Crippen LogP contribution in [-0.2, 0) is 8.85 Å². The molecule has 0 aliphatic heterocycles. The predicted octanol–water partition coefficient (Wildman–Crippen LogP) is 4.66. The van der Waals surface area contributed by atoms with Crippen molar-refractivity contribution in [1.29, 1.82) is 0 Å². The monoisotopic (exact) mass is 300 g/mol. The second-order valence-electron chi connectivity index (χ2n) is 7.82. The van der Waals surface area contributed by atoms with Gasteiger partial charge in [0, 0.05) is 0 Å². The van der Waals surface area contributed by atoms with Crippen LogP contribution in [-0.4, -0.2) is 28.8 Å². The molecule has 0 aromatic rings. The van der Waals surface area contributed by atoms with E-state index in [0.29, 0.717) is 24.0 Å². The first-order valence-electron chi connectivity index (χ1n) is 7.50. The zero-order chi connectivity index (χ0) is 14.8. The summed E-state index contributed by atoms with van der Waals surface area (Å²) in [6.07, 6.45) is 4.88. The summed E-state index contributed by atoms with van der Waals surface area (Å²) < 4.78 is 12.8. The van der Waals surface area contributed by atoms with Crippen molar-refractivity contribution >= 4 is 16.6 Å². The third-order valence-electron chi connectivity index (χ3n) is 3.65. The maximum absolute atomic E-state index is 6.41. The molecule has 0 N–H and O–H groups in total. The summed E-state index contributed by atoms with van der Waals surface area (Å²) in [6, 6.07) is 0. The Hall–Kier alpha value is 0.0938. The molecule has 4 heteroatoms. The Kier molecular flexibility index (Phi) is 5.64. The Labute approximate surface area is 121 Å². The molecule has 1 fully saturated rings. The molecule has 19 heavy (non-hydrogen) atoms. The highest BCUT2D eigenvalue weighted by Gasteiger charge is 2.43. The van der Waals surface area contributed by atoms with E-state index in [0.717, 1.165) is 12.8 Å². The van der Waals surface area contributed by atoms with Crippen molar-refractivity contribution in [2.45, 2.75) is 71.3 Å². The molecule has 2 nitrogen and oxygen atoms in total. The first-order valence-corrected chi connectivity index (χ1v) is 14.3. The molecule has 1 rings (SSSR count). The maximum Gasteiger partial charge on any atom is 0.184 e. The lowest BCUT2D eigenvalue weighted by Gasteiger charge is -2.28. The van der Waals surface area contributed by atoms with E-state index in [2.05, 4.69) is 52.8 Å². The molecule has 1 aliphatic rings. The van der Waals surface area contributed by atoms with Crippen LogP contribution in [0.25, 0.3) is 0 Å². The summed E-state index contributed by atoms with van der Waals surface area (Å²) in [5.74, 6) is 1.15. The Morgan fingerprint density at radius 1 is 1.00 bits per heavy atom. The van der Waals surface area contributed by atoms with E-state index >= 15 is 0 Å². The van der Waals surface area contributed by atoms with Crippen LogP contribution in [0.4, 0.5) is 0 Å². The maximum atomic E-state index is 6.41. The van der Waals surface area contributed by atoms with Crippen LogP contribution in [0, 0.1) is 11.8 Å². The van der Waals surface area contributed by atoms with Gasteiger partial charge < -0.3 is 8.85 Å². The lowest BCUT2D eigenvalue weighted by molar-refractivity contribution is 0.139. The van der Waals surface area contributed by atoms with Crippen LogP contribution in [0.3, 0.4) is 0 Å². The predicted molar refractivity (Wildman–Crippen MR) is 88.5 cm³/mol. The molecule has 1 aliphatic carbocycles. The van der Waals surface area contributed by atoms with Gasteiger partial charge in [-0.25, -0.2) is 0 Å². The van der Waals surface area contributed by atoms with Crippen LogP contribution in [0.1, 0.15) is 19.8 Å².